The molecule has 5 atom stereocenters. The normalized spacial score (nSPS) is 22.1. The first-order valence-electron chi connectivity index (χ1n) is 11.6. The number of carboxylic acids is 1. The number of anilines is 1. The van der Waals surface area contributed by atoms with Crippen molar-refractivity contribution in [2.24, 2.45) is 0 Å². The van der Waals surface area contributed by atoms with E-state index >= 15 is 0 Å². The number of nitrogen functional groups attached to an aromatic ring is 1. The number of aliphatic hydroxyl groups excluding tert-OH is 3. The Hall–Kier alpha value is -4.31. The molecule has 4 aromatic rings. The van der Waals surface area contributed by atoms with E-state index in [1.807, 2.05) is 0 Å². The number of ketones is 1. The van der Waals surface area contributed by atoms with Crippen LogP contribution in [0.3, 0.4) is 0 Å². The Morgan fingerprint density at radius 2 is 1.87 bits per heavy atom. The third kappa shape index (κ3) is 4.70. The van der Waals surface area contributed by atoms with Crippen LogP contribution in [0.15, 0.2) is 42.9 Å². The summed E-state index contributed by atoms with van der Waals surface area (Å²) in [4.78, 5) is 33.4. The average molecular weight is 524 g/mol. The van der Waals surface area contributed by atoms with E-state index in [0.29, 0.717) is 16.9 Å². The van der Waals surface area contributed by atoms with Crippen molar-refractivity contribution >= 4 is 28.6 Å². The average Bonchev–Trinajstić information content (AvgIpc) is 3.62. The number of hydrogen-bond acceptors (Lipinski definition) is 12. The lowest BCUT2D eigenvalue weighted by molar-refractivity contribution is -0.0415. The second kappa shape index (κ2) is 10.2. The summed E-state index contributed by atoms with van der Waals surface area (Å²) in [5.41, 5.74) is 7.07. The summed E-state index contributed by atoms with van der Waals surface area (Å²) in [5, 5.41) is 52.7. The van der Waals surface area contributed by atoms with Gasteiger partial charge in [0.25, 0.3) is 0 Å². The van der Waals surface area contributed by atoms with Gasteiger partial charge in [0.15, 0.2) is 17.7 Å². The SMILES string of the molecule is Nc1ccnc2c1ncn2[C@@H]1O[C@H](Cn2nnc(C(O)CCC(=O)c3ccccc3C(=O)O)n2)[C@@H](O)[C@H]1O. The van der Waals surface area contributed by atoms with E-state index in [2.05, 4.69) is 25.4 Å². The predicted molar refractivity (Wildman–Crippen MR) is 128 cm³/mol. The number of hydrogen-bond donors (Lipinski definition) is 5. The molecule has 1 aliphatic heterocycles. The maximum atomic E-state index is 12.5. The summed E-state index contributed by atoms with van der Waals surface area (Å²) in [6.45, 7) is -0.0957. The Morgan fingerprint density at radius 1 is 1.11 bits per heavy atom. The van der Waals surface area contributed by atoms with Gasteiger partial charge < -0.3 is 30.9 Å². The lowest BCUT2D eigenvalue weighted by Gasteiger charge is -2.16. The number of fused-ring (bicyclic) bond motifs is 1. The van der Waals surface area contributed by atoms with Gasteiger partial charge in [-0.1, -0.05) is 18.2 Å². The zero-order chi connectivity index (χ0) is 27.0. The van der Waals surface area contributed by atoms with Gasteiger partial charge in [-0.25, -0.2) is 14.8 Å². The molecule has 6 N–H and O–H groups in total. The lowest BCUT2D eigenvalue weighted by atomic mass is 9.99. The number of nitrogens with two attached hydrogens (primary N) is 1. The summed E-state index contributed by atoms with van der Waals surface area (Å²) in [6, 6.07) is 7.43. The van der Waals surface area contributed by atoms with Crippen molar-refractivity contribution in [3.8, 4) is 0 Å². The molecule has 0 aliphatic carbocycles. The lowest BCUT2D eigenvalue weighted by Crippen LogP contribution is -2.34. The van der Waals surface area contributed by atoms with Gasteiger partial charge >= 0.3 is 5.97 Å². The number of carboxylic acid groups (broad SMARTS) is 1. The molecule has 1 aromatic carbocycles. The van der Waals surface area contributed by atoms with Crippen LogP contribution in [-0.4, -0.2) is 85.2 Å². The van der Waals surface area contributed by atoms with Crippen LogP contribution in [0.5, 0.6) is 0 Å². The fourth-order valence-corrected chi connectivity index (χ4v) is 4.32. The first-order valence-corrected chi connectivity index (χ1v) is 11.6. The highest BCUT2D eigenvalue weighted by molar-refractivity contribution is 6.05. The zero-order valence-corrected chi connectivity index (χ0v) is 19.8. The third-order valence-corrected chi connectivity index (χ3v) is 6.32. The fourth-order valence-electron chi connectivity index (χ4n) is 4.32. The number of imidazole rings is 1. The Kier molecular flexibility index (Phi) is 6.81. The minimum Gasteiger partial charge on any atom is -0.478 e. The minimum atomic E-state index is -1.31. The smallest absolute Gasteiger partial charge is 0.336 e. The largest absolute Gasteiger partial charge is 0.478 e. The van der Waals surface area contributed by atoms with E-state index < -0.39 is 42.4 Å². The van der Waals surface area contributed by atoms with E-state index in [-0.39, 0.29) is 36.3 Å². The third-order valence-electron chi connectivity index (χ3n) is 6.32. The van der Waals surface area contributed by atoms with Gasteiger partial charge in [0.2, 0.25) is 5.82 Å². The number of ether oxygens (including phenoxy) is 1. The number of tetrazole rings is 1. The molecule has 4 heterocycles. The summed E-state index contributed by atoms with van der Waals surface area (Å²) in [6.07, 6.45) is -3.08. The van der Waals surface area contributed by atoms with Gasteiger partial charge in [-0.05, 0) is 23.8 Å². The van der Waals surface area contributed by atoms with Crippen molar-refractivity contribution in [2.45, 2.75) is 50.0 Å². The van der Waals surface area contributed by atoms with Crippen LogP contribution in [0.25, 0.3) is 11.2 Å². The predicted octanol–water partition coefficient (Wildman–Crippen LogP) is -0.286. The number of benzene rings is 1. The molecule has 1 aliphatic rings. The second-order valence-electron chi connectivity index (χ2n) is 8.80. The standard InChI is InChI=1S/C23H24N8O7/c24-13-7-8-25-21-17(13)26-10-30(21)22-19(35)18(34)16(38-22)9-31-28-20(27-29-31)15(33)6-5-14(32)11-3-1-2-4-12(11)23(36)37/h1-4,7-8,10,15-16,18-19,22,33-35H,5-6,9H2,(H2,24,25)(H,36,37)/t15?,16-,18-,19-,22-/m1/s1. The Balaban J connectivity index is 1.22. The first kappa shape index (κ1) is 25.3. The van der Waals surface area contributed by atoms with Crippen molar-refractivity contribution < 1.29 is 34.8 Å². The number of Topliss-reactive ketones (excluding diaryl/α,β-unsaturated/α-hetero) is 1. The molecule has 3 aromatic heterocycles. The molecular formula is C23H24N8O7. The molecule has 1 unspecified atom stereocenters. The number of pyridine rings is 1. The highest BCUT2D eigenvalue weighted by Crippen LogP contribution is 2.32. The van der Waals surface area contributed by atoms with Crippen LogP contribution in [-0.2, 0) is 11.3 Å². The topological polar surface area (TPSA) is 225 Å². The minimum absolute atomic E-state index is 0.0489. The van der Waals surface area contributed by atoms with Crippen LogP contribution in [0.4, 0.5) is 5.69 Å². The summed E-state index contributed by atoms with van der Waals surface area (Å²) >= 11 is 0. The molecule has 0 spiro atoms. The second-order valence-corrected chi connectivity index (χ2v) is 8.80. The van der Waals surface area contributed by atoms with Crippen molar-refractivity contribution in [3.05, 3.63) is 59.8 Å². The van der Waals surface area contributed by atoms with E-state index in [1.165, 1.54) is 35.3 Å². The quantitative estimate of drug-likeness (QED) is 0.178. The molecule has 0 saturated carbocycles. The highest BCUT2D eigenvalue weighted by Gasteiger charge is 2.44. The van der Waals surface area contributed by atoms with Crippen molar-refractivity contribution in [3.63, 3.8) is 0 Å². The van der Waals surface area contributed by atoms with E-state index in [4.69, 9.17) is 10.5 Å². The van der Waals surface area contributed by atoms with Crippen molar-refractivity contribution in [1.82, 2.24) is 34.7 Å². The van der Waals surface area contributed by atoms with Crippen molar-refractivity contribution in [1.29, 1.82) is 0 Å². The number of nitrogens with zero attached hydrogens (tertiary/aromatic N) is 7. The van der Waals surface area contributed by atoms with Crippen LogP contribution < -0.4 is 5.73 Å². The Bertz CT molecular complexity index is 1490. The van der Waals surface area contributed by atoms with E-state index in [0.717, 1.165) is 4.80 Å². The van der Waals surface area contributed by atoms with Gasteiger partial charge in [0.05, 0.1) is 24.1 Å². The molecule has 38 heavy (non-hydrogen) atoms. The molecule has 1 fully saturated rings. The van der Waals surface area contributed by atoms with Gasteiger partial charge in [0.1, 0.15) is 29.9 Å². The molecule has 1 saturated heterocycles. The first-order chi connectivity index (χ1) is 18.2. The van der Waals surface area contributed by atoms with E-state index in [9.17, 15) is 30.0 Å². The number of aromatic nitrogens is 7. The number of aliphatic hydroxyl groups is 3. The van der Waals surface area contributed by atoms with Crippen LogP contribution >= 0.6 is 0 Å². The monoisotopic (exact) mass is 524 g/mol. The molecule has 5 rings (SSSR count). The van der Waals surface area contributed by atoms with E-state index in [1.54, 1.807) is 12.1 Å². The molecular weight excluding hydrogens is 500 g/mol. The van der Waals surface area contributed by atoms with Crippen molar-refractivity contribution in [2.75, 3.05) is 5.73 Å². The van der Waals surface area contributed by atoms with Gasteiger partial charge in [0, 0.05) is 18.2 Å². The summed E-state index contributed by atoms with van der Waals surface area (Å²) in [7, 11) is 0. The number of rotatable bonds is 9. The van der Waals surface area contributed by atoms with Crippen LogP contribution in [0, 0.1) is 0 Å². The molecule has 0 radical (unpaired) electrons. The highest BCUT2D eigenvalue weighted by atomic mass is 16.6. The zero-order valence-electron chi connectivity index (χ0n) is 19.8. The molecule has 0 bridgehead atoms. The molecule has 198 valence electrons. The Labute approximate surface area is 214 Å². The molecule has 15 heteroatoms. The maximum absolute atomic E-state index is 12.5. The van der Waals surface area contributed by atoms with Crippen LogP contribution in [0.1, 0.15) is 51.7 Å². The number of carbonyl (C=O) groups excluding carboxylic acids is 1. The van der Waals surface area contributed by atoms with Gasteiger partial charge in [-0.15, -0.1) is 10.2 Å². The molecule has 15 nitrogen and oxygen atoms in total. The fraction of sp³-hybridized carbons (Fsp3) is 0.348. The van der Waals surface area contributed by atoms with Crippen LogP contribution in [0.2, 0.25) is 0 Å². The molecule has 0 amide bonds. The van der Waals surface area contributed by atoms with Gasteiger partial charge in [-0.3, -0.25) is 9.36 Å². The Morgan fingerprint density at radius 3 is 2.63 bits per heavy atom. The summed E-state index contributed by atoms with van der Waals surface area (Å²) in [5.74, 6) is -1.72. The summed E-state index contributed by atoms with van der Waals surface area (Å²) < 4.78 is 7.34. The number of carbonyl (C=O) groups is 2. The maximum Gasteiger partial charge on any atom is 0.336 e. The van der Waals surface area contributed by atoms with Gasteiger partial charge in [-0.2, -0.15) is 4.80 Å². The number of aromatic carboxylic acids is 1.